The highest BCUT2D eigenvalue weighted by molar-refractivity contribution is 9.10. The van der Waals surface area contributed by atoms with E-state index in [1.54, 1.807) is 0 Å². The van der Waals surface area contributed by atoms with E-state index in [-0.39, 0.29) is 0 Å². The third kappa shape index (κ3) is 2.68. The fraction of sp³-hybridized carbons (Fsp3) is 0.250. The predicted octanol–water partition coefficient (Wildman–Crippen LogP) is 2.70. The molecule has 0 aliphatic heterocycles. The Balaban J connectivity index is 2.29. The van der Waals surface area contributed by atoms with Crippen molar-refractivity contribution >= 4 is 15.9 Å². The molecule has 1 aromatic carbocycles. The van der Waals surface area contributed by atoms with Gasteiger partial charge >= 0.3 is 0 Å². The van der Waals surface area contributed by atoms with Gasteiger partial charge in [-0.1, -0.05) is 0 Å². The number of ether oxygens (including phenoxy) is 1. The monoisotopic (exact) mass is 295 g/mol. The average molecular weight is 296 g/mol. The molecular formula is C12H14BrN3O. The molecule has 0 unspecified atom stereocenters. The maximum Gasteiger partial charge on any atom is 0.121 e. The van der Waals surface area contributed by atoms with Crippen molar-refractivity contribution in [1.29, 1.82) is 0 Å². The van der Waals surface area contributed by atoms with Gasteiger partial charge in [-0.2, -0.15) is 0 Å². The van der Waals surface area contributed by atoms with Crippen LogP contribution in [0.2, 0.25) is 0 Å². The van der Waals surface area contributed by atoms with E-state index < -0.39 is 0 Å². The quantitative estimate of drug-likeness (QED) is 0.911. The maximum absolute atomic E-state index is 5.54. The number of nitrogens with zero attached hydrogens (tertiary/aromatic N) is 1. The first kappa shape index (κ1) is 12.1. The Hall–Kier alpha value is -1.33. The van der Waals surface area contributed by atoms with Gasteiger partial charge in [0.25, 0.3) is 0 Å². The summed E-state index contributed by atoms with van der Waals surface area (Å²) in [5.41, 5.74) is 7.43. The second kappa shape index (κ2) is 5.33. The first-order valence-electron chi connectivity index (χ1n) is 5.42. The first-order valence-corrected chi connectivity index (χ1v) is 6.21. The summed E-state index contributed by atoms with van der Waals surface area (Å²) in [6.45, 7) is 3.03. The SMILES string of the molecule is CCOc1ccc(-c2nc(CN)[nH]c2Br)cc1. The lowest BCUT2D eigenvalue weighted by molar-refractivity contribution is 0.340. The van der Waals surface area contributed by atoms with Crippen molar-refractivity contribution in [2.75, 3.05) is 6.61 Å². The predicted molar refractivity (Wildman–Crippen MR) is 70.8 cm³/mol. The highest BCUT2D eigenvalue weighted by Gasteiger charge is 2.09. The Kier molecular flexibility index (Phi) is 3.81. The Morgan fingerprint density at radius 1 is 1.35 bits per heavy atom. The van der Waals surface area contributed by atoms with Gasteiger partial charge in [-0.05, 0) is 47.1 Å². The summed E-state index contributed by atoms with van der Waals surface area (Å²) in [6, 6.07) is 7.82. The number of aromatic amines is 1. The maximum atomic E-state index is 5.54. The average Bonchev–Trinajstić information content (AvgIpc) is 2.72. The molecule has 2 aromatic rings. The second-order valence-corrected chi connectivity index (χ2v) is 4.30. The molecule has 0 saturated heterocycles. The van der Waals surface area contributed by atoms with E-state index in [2.05, 4.69) is 25.9 Å². The molecule has 90 valence electrons. The van der Waals surface area contributed by atoms with E-state index in [1.165, 1.54) is 0 Å². The zero-order valence-electron chi connectivity index (χ0n) is 9.53. The lowest BCUT2D eigenvalue weighted by atomic mass is 10.2. The Morgan fingerprint density at radius 2 is 2.06 bits per heavy atom. The van der Waals surface area contributed by atoms with Crippen LogP contribution in [0.25, 0.3) is 11.3 Å². The number of halogens is 1. The number of nitrogens with two attached hydrogens (primary N) is 1. The highest BCUT2D eigenvalue weighted by Crippen LogP contribution is 2.27. The topological polar surface area (TPSA) is 63.9 Å². The number of H-pyrrole nitrogens is 1. The molecule has 2 rings (SSSR count). The summed E-state index contributed by atoms with van der Waals surface area (Å²) < 4.78 is 6.24. The summed E-state index contributed by atoms with van der Waals surface area (Å²) >= 11 is 3.44. The largest absolute Gasteiger partial charge is 0.494 e. The van der Waals surface area contributed by atoms with Crippen molar-refractivity contribution < 1.29 is 4.74 Å². The van der Waals surface area contributed by atoms with Crippen molar-refractivity contribution in [3.8, 4) is 17.0 Å². The lowest BCUT2D eigenvalue weighted by Gasteiger charge is -2.03. The van der Waals surface area contributed by atoms with Crippen LogP contribution in [0.4, 0.5) is 0 Å². The summed E-state index contributed by atoms with van der Waals surface area (Å²) in [5.74, 6) is 1.63. The number of rotatable bonds is 4. The van der Waals surface area contributed by atoms with E-state index >= 15 is 0 Å². The summed E-state index contributed by atoms with van der Waals surface area (Å²) in [6.07, 6.45) is 0. The molecule has 3 N–H and O–H groups in total. The molecule has 4 nitrogen and oxygen atoms in total. The zero-order valence-corrected chi connectivity index (χ0v) is 11.1. The summed E-state index contributed by atoms with van der Waals surface area (Å²) in [5, 5.41) is 0. The Labute approximate surface area is 108 Å². The van der Waals surface area contributed by atoms with Crippen LogP contribution in [0, 0.1) is 0 Å². The summed E-state index contributed by atoms with van der Waals surface area (Å²) in [7, 11) is 0. The van der Waals surface area contributed by atoms with E-state index in [1.807, 2.05) is 31.2 Å². The van der Waals surface area contributed by atoms with Gasteiger partial charge in [0.2, 0.25) is 0 Å². The van der Waals surface area contributed by atoms with Crippen LogP contribution in [0.3, 0.4) is 0 Å². The molecule has 1 heterocycles. The number of aromatic nitrogens is 2. The Morgan fingerprint density at radius 3 is 2.59 bits per heavy atom. The first-order chi connectivity index (χ1) is 8.24. The van der Waals surface area contributed by atoms with Crippen LogP contribution in [-0.2, 0) is 6.54 Å². The number of hydrogen-bond donors (Lipinski definition) is 2. The van der Waals surface area contributed by atoms with Crippen LogP contribution >= 0.6 is 15.9 Å². The molecule has 0 atom stereocenters. The van der Waals surface area contributed by atoms with Crippen molar-refractivity contribution in [2.24, 2.45) is 5.73 Å². The van der Waals surface area contributed by atoms with Crippen molar-refractivity contribution in [1.82, 2.24) is 9.97 Å². The molecule has 5 heteroatoms. The van der Waals surface area contributed by atoms with E-state index in [4.69, 9.17) is 10.5 Å². The number of nitrogens with one attached hydrogen (secondary N) is 1. The molecule has 0 radical (unpaired) electrons. The third-order valence-electron chi connectivity index (χ3n) is 2.34. The van der Waals surface area contributed by atoms with Gasteiger partial charge in [0.05, 0.1) is 13.2 Å². The van der Waals surface area contributed by atoms with Crippen LogP contribution in [0.15, 0.2) is 28.9 Å². The molecule has 0 aliphatic carbocycles. The highest BCUT2D eigenvalue weighted by atomic mass is 79.9. The lowest BCUT2D eigenvalue weighted by Crippen LogP contribution is -1.97. The normalized spacial score (nSPS) is 10.5. The van der Waals surface area contributed by atoms with Gasteiger partial charge in [0.15, 0.2) is 0 Å². The van der Waals surface area contributed by atoms with Gasteiger partial charge in [-0.25, -0.2) is 4.98 Å². The summed E-state index contributed by atoms with van der Waals surface area (Å²) in [4.78, 5) is 7.49. The van der Waals surface area contributed by atoms with Gasteiger partial charge in [0.1, 0.15) is 21.9 Å². The molecule has 0 amide bonds. The molecule has 17 heavy (non-hydrogen) atoms. The van der Waals surface area contributed by atoms with Crippen molar-refractivity contribution in [2.45, 2.75) is 13.5 Å². The number of benzene rings is 1. The van der Waals surface area contributed by atoms with Crippen LogP contribution in [0.1, 0.15) is 12.7 Å². The second-order valence-electron chi connectivity index (χ2n) is 3.51. The molecule has 0 spiro atoms. The number of hydrogen-bond acceptors (Lipinski definition) is 3. The third-order valence-corrected chi connectivity index (χ3v) is 2.91. The van der Waals surface area contributed by atoms with Gasteiger partial charge in [-0.15, -0.1) is 0 Å². The molecular weight excluding hydrogens is 282 g/mol. The van der Waals surface area contributed by atoms with Crippen LogP contribution in [-0.4, -0.2) is 16.6 Å². The molecule has 1 aromatic heterocycles. The van der Waals surface area contributed by atoms with Gasteiger partial charge < -0.3 is 15.5 Å². The van der Waals surface area contributed by atoms with Gasteiger partial charge in [0, 0.05) is 5.56 Å². The molecule has 0 fully saturated rings. The van der Waals surface area contributed by atoms with E-state index in [0.29, 0.717) is 13.2 Å². The fourth-order valence-electron chi connectivity index (χ4n) is 1.56. The molecule has 0 aliphatic rings. The standard InChI is InChI=1S/C12H14BrN3O/c1-2-17-9-5-3-8(4-6-9)11-12(13)16-10(7-14)15-11/h3-6H,2,7,14H2,1H3,(H,15,16). The minimum Gasteiger partial charge on any atom is -0.494 e. The Bertz CT molecular complexity index is 493. The molecule has 0 saturated carbocycles. The minimum absolute atomic E-state index is 0.398. The van der Waals surface area contributed by atoms with E-state index in [0.717, 1.165) is 27.4 Å². The zero-order chi connectivity index (χ0) is 12.3. The van der Waals surface area contributed by atoms with Gasteiger partial charge in [-0.3, -0.25) is 0 Å². The smallest absolute Gasteiger partial charge is 0.121 e. The fourth-order valence-corrected chi connectivity index (χ4v) is 2.11. The van der Waals surface area contributed by atoms with Crippen molar-refractivity contribution in [3.63, 3.8) is 0 Å². The molecule has 0 bridgehead atoms. The van der Waals surface area contributed by atoms with Crippen LogP contribution < -0.4 is 10.5 Å². The van der Waals surface area contributed by atoms with Crippen LogP contribution in [0.5, 0.6) is 5.75 Å². The minimum atomic E-state index is 0.398. The van der Waals surface area contributed by atoms with Crippen molar-refractivity contribution in [3.05, 3.63) is 34.7 Å². The number of imidazole rings is 1. The van der Waals surface area contributed by atoms with E-state index in [9.17, 15) is 0 Å².